The molecular weight excluding hydrogens is 326 g/mol. The molecule has 1 aliphatic heterocycles. The Balaban J connectivity index is 1.35. The fourth-order valence-corrected chi connectivity index (χ4v) is 3.12. The molecule has 1 aliphatic rings. The Morgan fingerprint density at radius 1 is 1.00 bits per heavy atom. The first-order valence-corrected chi connectivity index (χ1v) is 9.10. The van der Waals surface area contributed by atoms with E-state index in [1.54, 1.807) is 6.20 Å². The Morgan fingerprint density at radius 2 is 1.81 bits per heavy atom. The molecule has 0 unspecified atom stereocenters. The third-order valence-corrected chi connectivity index (χ3v) is 4.57. The van der Waals surface area contributed by atoms with Crippen LogP contribution in [0.3, 0.4) is 0 Å². The van der Waals surface area contributed by atoms with Crippen LogP contribution >= 0.6 is 0 Å². The molecule has 5 heteroatoms. The molecule has 2 heterocycles. The molecule has 3 aromatic rings. The first kappa shape index (κ1) is 16.9. The largest absolute Gasteiger partial charge is 0.381 e. The van der Waals surface area contributed by atoms with Crippen LogP contribution in [0, 0.1) is 0 Å². The number of rotatable bonds is 6. The van der Waals surface area contributed by atoms with Gasteiger partial charge < -0.3 is 14.8 Å². The van der Waals surface area contributed by atoms with Crippen molar-refractivity contribution in [2.24, 2.45) is 0 Å². The van der Waals surface area contributed by atoms with Crippen LogP contribution in [-0.2, 0) is 22.6 Å². The summed E-state index contributed by atoms with van der Waals surface area (Å²) < 4.78 is 11.4. The van der Waals surface area contributed by atoms with Gasteiger partial charge in [-0.3, -0.25) is 4.98 Å². The van der Waals surface area contributed by atoms with Gasteiger partial charge in [0.1, 0.15) is 5.82 Å². The summed E-state index contributed by atoms with van der Waals surface area (Å²) in [5.41, 5.74) is 4.20. The number of nitrogens with zero attached hydrogens (tertiary/aromatic N) is 2. The van der Waals surface area contributed by atoms with Crippen LogP contribution in [0.5, 0.6) is 0 Å². The predicted molar refractivity (Wildman–Crippen MR) is 102 cm³/mol. The van der Waals surface area contributed by atoms with E-state index < -0.39 is 0 Å². The van der Waals surface area contributed by atoms with Crippen molar-refractivity contribution in [3.05, 3.63) is 65.9 Å². The Kier molecular flexibility index (Phi) is 5.38. The molecule has 26 heavy (non-hydrogen) atoms. The molecule has 1 saturated heterocycles. The van der Waals surface area contributed by atoms with E-state index in [1.165, 1.54) is 11.1 Å². The van der Waals surface area contributed by atoms with E-state index >= 15 is 0 Å². The second kappa shape index (κ2) is 8.25. The number of hydrogen-bond donors (Lipinski definition) is 1. The van der Waals surface area contributed by atoms with Gasteiger partial charge in [0.05, 0.1) is 29.9 Å². The maximum atomic E-state index is 6.01. The normalized spacial score (nSPS) is 15.2. The van der Waals surface area contributed by atoms with Gasteiger partial charge in [0.2, 0.25) is 0 Å². The predicted octanol–water partition coefficient (Wildman–Crippen LogP) is 3.94. The fraction of sp³-hybridized carbons (Fsp3) is 0.333. The zero-order chi connectivity index (χ0) is 17.6. The number of ether oxygens (including phenoxy) is 2. The van der Waals surface area contributed by atoms with Crippen molar-refractivity contribution in [1.29, 1.82) is 0 Å². The maximum absolute atomic E-state index is 6.01. The van der Waals surface area contributed by atoms with Crippen molar-refractivity contribution >= 4 is 16.9 Å². The number of fused-ring (bicyclic) bond motifs is 1. The standard InChI is InChI=1S/C21H23N3O2/c1-2-7-20-19(6-1)22-14-21(24-20)23-13-16-4-3-5-17(12-16)15-26-18-8-10-25-11-9-18/h1-7,12,14,18H,8-11,13,15H2,(H,23,24). The third kappa shape index (κ3) is 4.36. The van der Waals surface area contributed by atoms with E-state index in [2.05, 4.69) is 39.6 Å². The lowest BCUT2D eigenvalue weighted by Gasteiger charge is -2.22. The zero-order valence-electron chi connectivity index (χ0n) is 14.7. The average Bonchev–Trinajstić information content (AvgIpc) is 2.72. The fourth-order valence-electron chi connectivity index (χ4n) is 3.12. The van der Waals surface area contributed by atoms with Gasteiger partial charge in [-0.25, -0.2) is 4.98 Å². The van der Waals surface area contributed by atoms with Crippen molar-refractivity contribution < 1.29 is 9.47 Å². The smallest absolute Gasteiger partial charge is 0.145 e. The van der Waals surface area contributed by atoms with Gasteiger partial charge in [-0.05, 0) is 36.1 Å². The lowest BCUT2D eigenvalue weighted by molar-refractivity contribution is -0.0390. The van der Waals surface area contributed by atoms with Gasteiger partial charge in [0.15, 0.2) is 0 Å². The summed E-state index contributed by atoms with van der Waals surface area (Å²) in [6.07, 6.45) is 4.07. The summed E-state index contributed by atoms with van der Waals surface area (Å²) in [6.45, 7) is 2.97. The molecule has 0 atom stereocenters. The van der Waals surface area contributed by atoms with Crippen LogP contribution in [0.4, 0.5) is 5.82 Å². The van der Waals surface area contributed by atoms with E-state index in [-0.39, 0.29) is 0 Å². The van der Waals surface area contributed by atoms with Crippen LogP contribution in [-0.4, -0.2) is 29.3 Å². The SMILES string of the molecule is c1cc(CNc2cnc3ccccc3n2)cc(COC2CCOCC2)c1. The minimum Gasteiger partial charge on any atom is -0.381 e. The van der Waals surface area contributed by atoms with Gasteiger partial charge in [-0.1, -0.05) is 36.4 Å². The number of anilines is 1. The van der Waals surface area contributed by atoms with Gasteiger partial charge in [0.25, 0.3) is 0 Å². The Hall–Kier alpha value is -2.50. The quantitative estimate of drug-likeness (QED) is 0.730. The summed E-state index contributed by atoms with van der Waals surface area (Å²) >= 11 is 0. The summed E-state index contributed by atoms with van der Waals surface area (Å²) in [5, 5.41) is 3.35. The van der Waals surface area contributed by atoms with Gasteiger partial charge in [-0.2, -0.15) is 0 Å². The van der Waals surface area contributed by atoms with E-state index in [4.69, 9.17) is 9.47 Å². The second-order valence-corrected chi connectivity index (χ2v) is 6.54. The minimum atomic E-state index is 0.318. The Labute approximate surface area is 153 Å². The van der Waals surface area contributed by atoms with Gasteiger partial charge >= 0.3 is 0 Å². The van der Waals surface area contributed by atoms with Crippen molar-refractivity contribution in [2.45, 2.75) is 32.1 Å². The highest BCUT2D eigenvalue weighted by molar-refractivity contribution is 5.75. The molecule has 0 aliphatic carbocycles. The van der Waals surface area contributed by atoms with E-state index in [1.807, 2.05) is 24.3 Å². The van der Waals surface area contributed by atoms with E-state index in [0.717, 1.165) is 42.9 Å². The summed E-state index contributed by atoms with van der Waals surface area (Å²) in [7, 11) is 0. The number of benzene rings is 2. The molecule has 4 rings (SSSR count). The maximum Gasteiger partial charge on any atom is 0.145 e. The molecule has 1 aromatic heterocycles. The first-order valence-electron chi connectivity index (χ1n) is 9.10. The van der Waals surface area contributed by atoms with Crippen LogP contribution in [0.2, 0.25) is 0 Å². The van der Waals surface area contributed by atoms with Crippen molar-refractivity contribution in [1.82, 2.24) is 9.97 Å². The highest BCUT2D eigenvalue weighted by Gasteiger charge is 2.14. The number of para-hydroxylation sites is 2. The zero-order valence-corrected chi connectivity index (χ0v) is 14.7. The molecule has 2 aromatic carbocycles. The molecule has 5 nitrogen and oxygen atoms in total. The highest BCUT2D eigenvalue weighted by Crippen LogP contribution is 2.16. The van der Waals surface area contributed by atoms with Crippen LogP contribution in [0.15, 0.2) is 54.7 Å². The summed E-state index contributed by atoms with van der Waals surface area (Å²) in [5.74, 6) is 0.785. The lowest BCUT2D eigenvalue weighted by atomic mass is 10.1. The number of aromatic nitrogens is 2. The van der Waals surface area contributed by atoms with Gasteiger partial charge in [-0.15, -0.1) is 0 Å². The Morgan fingerprint density at radius 3 is 2.69 bits per heavy atom. The van der Waals surface area contributed by atoms with E-state index in [9.17, 15) is 0 Å². The molecule has 0 spiro atoms. The first-order chi connectivity index (χ1) is 12.9. The number of nitrogens with one attached hydrogen (secondary N) is 1. The average molecular weight is 349 g/mol. The Bertz CT molecular complexity index is 863. The van der Waals surface area contributed by atoms with Crippen molar-refractivity contribution in [3.8, 4) is 0 Å². The minimum absolute atomic E-state index is 0.318. The van der Waals surface area contributed by atoms with Crippen LogP contribution in [0.25, 0.3) is 11.0 Å². The van der Waals surface area contributed by atoms with Crippen molar-refractivity contribution in [3.63, 3.8) is 0 Å². The molecule has 1 N–H and O–H groups in total. The van der Waals surface area contributed by atoms with E-state index in [0.29, 0.717) is 19.3 Å². The topological polar surface area (TPSA) is 56.3 Å². The molecule has 0 saturated carbocycles. The third-order valence-electron chi connectivity index (χ3n) is 4.57. The molecule has 1 fully saturated rings. The molecular formula is C21H23N3O2. The summed E-state index contributed by atoms with van der Waals surface area (Å²) in [6, 6.07) is 16.4. The molecule has 0 bridgehead atoms. The van der Waals surface area contributed by atoms with Crippen molar-refractivity contribution in [2.75, 3.05) is 18.5 Å². The van der Waals surface area contributed by atoms with Gasteiger partial charge in [0, 0.05) is 19.8 Å². The highest BCUT2D eigenvalue weighted by atomic mass is 16.5. The monoisotopic (exact) mass is 349 g/mol. The second-order valence-electron chi connectivity index (χ2n) is 6.54. The number of hydrogen-bond acceptors (Lipinski definition) is 5. The summed E-state index contributed by atoms with van der Waals surface area (Å²) in [4.78, 5) is 9.04. The lowest BCUT2D eigenvalue weighted by Crippen LogP contribution is -2.23. The van der Waals surface area contributed by atoms with Crippen LogP contribution in [0.1, 0.15) is 24.0 Å². The molecule has 0 amide bonds. The van der Waals surface area contributed by atoms with Crippen LogP contribution < -0.4 is 5.32 Å². The molecule has 0 radical (unpaired) electrons. The molecule has 134 valence electrons.